The third-order valence-corrected chi connectivity index (χ3v) is 3.33. The summed E-state index contributed by atoms with van der Waals surface area (Å²) >= 11 is 0. The molecular weight excluding hydrogens is 214 g/mol. The Morgan fingerprint density at radius 3 is 2.53 bits per heavy atom. The van der Waals surface area contributed by atoms with Crippen LogP contribution in [-0.4, -0.2) is 10.1 Å². The van der Waals surface area contributed by atoms with Crippen LogP contribution in [0.2, 0.25) is 0 Å². The number of nitrogens with two attached hydrogens (primary N) is 1. The Hall–Kier alpha value is -1.68. The summed E-state index contributed by atoms with van der Waals surface area (Å²) in [5.41, 5.74) is 6.94. The minimum Gasteiger partial charge on any atom is -0.338 e. The van der Waals surface area contributed by atoms with Crippen LogP contribution in [0.25, 0.3) is 0 Å². The summed E-state index contributed by atoms with van der Waals surface area (Å²) in [6, 6.07) is 10.1. The van der Waals surface area contributed by atoms with Crippen molar-refractivity contribution < 1.29 is 4.52 Å². The maximum atomic E-state index is 5.74. The highest BCUT2D eigenvalue weighted by molar-refractivity contribution is 5.38. The molecule has 0 aliphatic heterocycles. The molecule has 0 spiro atoms. The van der Waals surface area contributed by atoms with Crippen molar-refractivity contribution in [1.29, 1.82) is 0 Å². The van der Waals surface area contributed by atoms with E-state index in [1.807, 2.05) is 25.1 Å². The van der Waals surface area contributed by atoms with Gasteiger partial charge in [-0.25, -0.2) is 0 Å². The zero-order chi connectivity index (χ0) is 11.9. The first-order chi connectivity index (χ1) is 8.22. The minimum absolute atomic E-state index is 0.0542. The van der Waals surface area contributed by atoms with Crippen LogP contribution in [0.15, 0.2) is 34.9 Å². The first-order valence-corrected chi connectivity index (χ1v) is 5.87. The summed E-state index contributed by atoms with van der Waals surface area (Å²) in [4.78, 5) is 4.42. The summed E-state index contributed by atoms with van der Waals surface area (Å²) in [5.74, 6) is 1.29. The average Bonchev–Trinajstić information content (AvgIpc) is 3.00. The molecule has 0 radical (unpaired) electrons. The van der Waals surface area contributed by atoms with Crippen LogP contribution >= 0.6 is 0 Å². The van der Waals surface area contributed by atoms with E-state index >= 15 is 0 Å². The lowest BCUT2D eigenvalue weighted by atomic mass is 9.96. The number of aromatic nitrogens is 2. The summed E-state index contributed by atoms with van der Waals surface area (Å²) in [6.07, 6.45) is 2.13. The predicted octanol–water partition coefficient (Wildman–Crippen LogP) is 2.17. The van der Waals surface area contributed by atoms with Gasteiger partial charge in [0.25, 0.3) is 0 Å². The van der Waals surface area contributed by atoms with Gasteiger partial charge < -0.3 is 10.3 Å². The predicted molar refractivity (Wildman–Crippen MR) is 63.4 cm³/mol. The van der Waals surface area contributed by atoms with Crippen molar-refractivity contribution in [2.45, 2.75) is 31.2 Å². The minimum atomic E-state index is -0.181. The second-order valence-electron chi connectivity index (χ2n) is 4.69. The van der Waals surface area contributed by atoms with Gasteiger partial charge in [0.2, 0.25) is 5.89 Å². The van der Waals surface area contributed by atoms with Crippen molar-refractivity contribution in [3.05, 3.63) is 47.6 Å². The van der Waals surface area contributed by atoms with E-state index in [0.29, 0.717) is 11.7 Å². The largest absolute Gasteiger partial charge is 0.338 e. The van der Waals surface area contributed by atoms with Crippen LogP contribution < -0.4 is 5.73 Å². The Labute approximate surface area is 99.8 Å². The van der Waals surface area contributed by atoms with E-state index in [1.165, 1.54) is 5.56 Å². The number of hydrogen-bond donors (Lipinski definition) is 1. The molecular formula is C13H15N3O. The maximum Gasteiger partial charge on any atom is 0.237 e. The van der Waals surface area contributed by atoms with E-state index < -0.39 is 0 Å². The van der Waals surface area contributed by atoms with Gasteiger partial charge in [-0.2, -0.15) is 4.98 Å². The van der Waals surface area contributed by atoms with E-state index in [9.17, 15) is 0 Å². The summed E-state index contributed by atoms with van der Waals surface area (Å²) in [7, 11) is 0. The van der Waals surface area contributed by atoms with Crippen molar-refractivity contribution >= 4 is 0 Å². The highest BCUT2D eigenvalue weighted by Gasteiger charge is 2.50. The smallest absolute Gasteiger partial charge is 0.237 e. The first-order valence-electron chi connectivity index (χ1n) is 5.87. The molecule has 88 valence electrons. The molecule has 1 aliphatic rings. The number of hydrogen-bond acceptors (Lipinski definition) is 4. The number of rotatable bonds is 3. The molecule has 1 atom stereocenters. The average molecular weight is 229 g/mol. The van der Waals surface area contributed by atoms with Gasteiger partial charge in [0.1, 0.15) is 0 Å². The molecule has 1 fully saturated rings. The standard InChI is InChI=1S/C13H15N3O/c1-9(14)11-15-12(17-16-11)13(7-8-13)10-5-3-2-4-6-10/h2-6,9H,7-8,14H2,1H3. The van der Waals surface area contributed by atoms with E-state index in [-0.39, 0.29) is 11.5 Å². The second-order valence-corrected chi connectivity index (χ2v) is 4.69. The maximum absolute atomic E-state index is 5.74. The molecule has 2 N–H and O–H groups in total. The molecule has 1 aromatic heterocycles. The van der Waals surface area contributed by atoms with Gasteiger partial charge in [0, 0.05) is 0 Å². The first kappa shape index (κ1) is 10.5. The van der Waals surface area contributed by atoms with Crippen LogP contribution in [0.5, 0.6) is 0 Å². The summed E-state index contributed by atoms with van der Waals surface area (Å²) in [5, 5.41) is 3.94. The lowest BCUT2D eigenvalue weighted by molar-refractivity contribution is 0.353. The zero-order valence-electron chi connectivity index (χ0n) is 9.76. The lowest BCUT2D eigenvalue weighted by Gasteiger charge is -2.09. The van der Waals surface area contributed by atoms with E-state index in [2.05, 4.69) is 22.3 Å². The molecule has 1 aliphatic carbocycles. The lowest BCUT2D eigenvalue weighted by Crippen LogP contribution is -2.11. The fraction of sp³-hybridized carbons (Fsp3) is 0.385. The van der Waals surface area contributed by atoms with Crippen LogP contribution in [0.4, 0.5) is 0 Å². The van der Waals surface area contributed by atoms with Crippen molar-refractivity contribution in [2.75, 3.05) is 0 Å². The highest BCUT2D eigenvalue weighted by atomic mass is 16.5. The molecule has 0 bridgehead atoms. The number of benzene rings is 1. The fourth-order valence-electron chi connectivity index (χ4n) is 2.12. The van der Waals surface area contributed by atoms with Crippen LogP contribution in [-0.2, 0) is 5.41 Å². The van der Waals surface area contributed by atoms with Crippen molar-refractivity contribution in [3.63, 3.8) is 0 Å². The van der Waals surface area contributed by atoms with Gasteiger partial charge in [0.15, 0.2) is 5.82 Å². The fourth-order valence-corrected chi connectivity index (χ4v) is 2.12. The van der Waals surface area contributed by atoms with Gasteiger partial charge in [0.05, 0.1) is 11.5 Å². The SMILES string of the molecule is CC(N)c1noc(C2(c3ccccc3)CC2)n1. The highest BCUT2D eigenvalue weighted by Crippen LogP contribution is 2.52. The normalized spacial score (nSPS) is 18.9. The van der Waals surface area contributed by atoms with Gasteiger partial charge in [-0.15, -0.1) is 0 Å². The molecule has 17 heavy (non-hydrogen) atoms. The summed E-state index contributed by atoms with van der Waals surface area (Å²) < 4.78 is 5.37. The molecule has 1 aromatic carbocycles. The quantitative estimate of drug-likeness (QED) is 0.876. The Bertz CT molecular complexity index is 514. The Morgan fingerprint density at radius 1 is 1.29 bits per heavy atom. The zero-order valence-corrected chi connectivity index (χ0v) is 9.76. The van der Waals surface area contributed by atoms with Crippen molar-refractivity contribution in [2.24, 2.45) is 5.73 Å². The molecule has 1 saturated carbocycles. The monoisotopic (exact) mass is 229 g/mol. The molecule has 3 rings (SSSR count). The van der Waals surface area contributed by atoms with Crippen LogP contribution in [0, 0.1) is 0 Å². The van der Waals surface area contributed by atoms with Gasteiger partial charge in [-0.05, 0) is 25.3 Å². The van der Waals surface area contributed by atoms with Crippen molar-refractivity contribution in [3.8, 4) is 0 Å². The third-order valence-electron chi connectivity index (χ3n) is 3.33. The molecule has 1 unspecified atom stereocenters. The molecule has 4 heteroatoms. The molecule has 4 nitrogen and oxygen atoms in total. The van der Waals surface area contributed by atoms with Gasteiger partial charge in [-0.3, -0.25) is 0 Å². The Morgan fingerprint density at radius 2 is 2.00 bits per heavy atom. The van der Waals surface area contributed by atoms with Gasteiger partial charge in [-0.1, -0.05) is 35.5 Å². The second kappa shape index (κ2) is 3.67. The topological polar surface area (TPSA) is 64.9 Å². The van der Waals surface area contributed by atoms with Crippen LogP contribution in [0.1, 0.15) is 43.1 Å². The molecule has 1 heterocycles. The Kier molecular flexibility index (Phi) is 2.26. The Balaban J connectivity index is 1.98. The van der Waals surface area contributed by atoms with Crippen LogP contribution in [0.3, 0.4) is 0 Å². The molecule has 0 amide bonds. The summed E-state index contributed by atoms with van der Waals surface area (Å²) in [6.45, 7) is 1.86. The van der Waals surface area contributed by atoms with E-state index in [4.69, 9.17) is 10.3 Å². The third kappa shape index (κ3) is 1.65. The van der Waals surface area contributed by atoms with Crippen molar-refractivity contribution in [1.82, 2.24) is 10.1 Å². The van der Waals surface area contributed by atoms with E-state index in [0.717, 1.165) is 12.8 Å². The molecule has 0 saturated heterocycles. The van der Waals surface area contributed by atoms with E-state index in [1.54, 1.807) is 0 Å². The number of nitrogens with zero attached hydrogens (tertiary/aromatic N) is 2. The molecule has 2 aromatic rings. The van der Waals surface area contributed by atoms with Gasteiger partial charge >= 0.3 is 0 Å².